The fraction of sp³-hybridized carbons (Fsp3) is 0.553. The van der Waals surface area contributed by atoms with Crippen LogP contribution >= 0.6 is 23.2 Å². The van der Waals surface area contributed by atoms with Gasteiger partial charge in [-0.05, 0) is 42.7 Å². The van der Waals surface area contributed by atoms with Gasteiger partial charge in [-0.25, -0.2) is 9.59 Å². The Kier molecular flexibility index (Phi) is 14.1. The van der Waals surface area contributed by atoms with Crippen molar-refractivity contribution in [1.29, 1.82) is 0 Å². The Balaban J connectivity index is 1.61. The molecule has 1 saturated heterocycles. The summed E-state index contributed by atoms with van der Waals surface area (Å²) in [6, 6.07) is 14.6. The molecule has 6 rings (SSSR count). The van der Waals surface area contributed by atoms with Gasteiger partial charge in [0.2, 0.25) is 5.91 Å². The summed E-state index contributed by atoms with van der Waals surface area (Å²) in [6.07, 6.45) is -10.9. The first-order valence-corrected chi connectivity index (χ1v) is 22.3. The highest BCUT2D eigenvalue weighted by Gasteiger charge is 2.79. The first-order valence-electron chi connectivity index (χ1n) is 21.2. The van der Waals surface area contributed by atoms with E-state index in [-0.39, 0.29) is 29.7 Å². The summed E-state index contributed by atoms with van der Waals surface area (Å²) < 4.78 is 36.5. The van der Waals surface area contributed by atoms with Crippen LogP contribution in [0.4, 0.5) is 0 Å². The van der Waals surface area contributed by atoms with Crippen LogP contribution in [0, 0.1) is 22.2 Å². The second-order valence-corrected chi connectivity index (χ2v) is 19.4. The maximum atomic E-state index is 15.9. The second-order valence-electron chi connectivity index (χ2n) is 18.8. The van der Waals surface area contributed by atoms with Gasteiger partial charge in [0.25, 0.3) is 0 Å². The van der Waals surface area contributed by atoms with Crippen molar-refractivity contribution in [2.45, 2.75) is 122 Å². The Morgan fingerprint density at radius 3 is 2.02 bits per heavy atom. The molecule has 2 aromatic carbocycles. The Morgan fingerprint density at radius 1 is 0.892 bits per heavy atom. The van der Waals surface area contributed by atoms with Crippen molar-refractivity contribution < 1.29 is 72.2 Å². The molecule has 3 aliphatic carbocycles. The van der Waals surface area contributed by atoms with Crippen molar-refractivity contribution in [3.63, 3.8) is 0 Å². The number of hydrogen-bond acceptors (Lipinski definition) is 15. The highest BCUT2D eigenvalue weighted by Crippen LogP contribution is 2.65. The topological polar surface area (TPSA) is 227 Å². The predicted molar refractivity (Wildman–Crippen MR) is 231 cm³/mol. The molecular formula is C47H55Cl2NO15. The van der Waals surface area contributed by atoms with E-state index in [1.54, 1.807) is 69.3 Å². The molecule has 18 heteroatoms. The van der Waals surface area contributed by atoms with Crippen LogP contribution in [0.5, 0.6) is 0 Å². The normalized spacial score (nSPS) is 31.2. The monoisotopic (exact) mass is 943 g/mol. The smallest absolute Gasteiger partial charge is 0.338 e. The fourth-order valence-corrected chi connectivity index (χ4v) is 10.2. The Labute approximate surface area is 386 Å². The third-order valence-corrected chi connectivity index (χ3v) is 14.0. The molecule has 3 fully saturated rings. The van der Waals surface area contributed by atoms with E-state index in [4.69, 9.17) is 51.6 Å². The molecule has 11 atom stereocenters. The van der Waals surface area contributed by atoms with E-state index in [9.17, 15) is 39.0 Å². The molecule has 0 aromatic heterocycles. The molecule has 3 N–H and O–H groups in total. The first-order chi connectivity index (χ1) is 30.4. The molecule has 352 valence electrons. The number of esters is 5. The van der Waals surface area contributed by atoms with Gasteiger partial charge in [0, 0.05) is 30.6 Å². The van der Waals surface area contributed by atoms with Crippen molar-refractivity contribution in [2.75, 3.05) is 18.4 Å². The van der Waals surface area contributed by atoms with Crippen molar-refractivity contribution in [1.82, 2.24) is 5.32 Å². The number of hydrogen-bond donors (Lipinski definition) is 3. The number of carbonyl (C=O) groups is 7. The molecule has 1 amide bonds. The molecule has 16 nitrogen and oxygen atoms in total. The lowest BCUT2D eigenvalue weighted by Gasteiger charge is -2.67. The number of ether oxygens (including phenoxy) is 6. The Hall–Kier alpha value is -4.87. The van der Waals surface area contributed by atoms with Crippen molar-refractivity contribution in [3.05, 3.63) is 82.9 Å². The van der Waals surface area contributed by atoms with Gasteiger partial charge in [0.05, 0.1) is 29.5 Å². The summed E-state index contributed by atoms with van der Waals surface area (Å²) in [6.45, 7) is 11.6. The van der Waals surface area contributed by atoms with E-state index in [0.717, 1.165) is 6.92 Å². The summed E-state index contributed by atoms with van der Waals surface area (Å²) in [4.78, 5) is 97.7. The number of amides is 1. The number of carbonyl (C=O) groups excluding carboxylic acids is 7. The van der Waals surface area contributed by atoms with Crippen LogP contribution in [0.15, 0.2) is 71.8 Å². The Morgan fingerprint density at radius 2 is 1.48 bits per heavy atom. The lowest BCUT2D eigenvalue weighted by molar-refractivity contribution is -0.346. The number of aliphatic hydroxyl groups is 2. The van der Waals surface area contributed by atoms with Crippen molar-refractivity contribution >= 4 is 64.7 Å². The second kappa shape index (κ2) is 18.4. The Bertz CT molecular complexity index is 2240. The average molecular weight is 945 g/mol. The van der Waals surface area contributed by atoms with Gasteiger partial charge in [-0.2, -0.15) is 0 Å². The molecule has 2 bridgehead atoms. The van der Waals surface area contributed by atoms with Gasteiger partial charge in [-0.15, -0.1) is 23.2 Å². The molecule has 65 heavy (non-hydrogen) atoms. The minimum absolute atomic E-state index is 0.0277. The van der Waals surface area contributed by atoms with E-state index < -0.39 is 136 Å². The zero-order valence-electron chi connectivity index (χ0n) is 37.4. The maximum absolute atomic E-state index is 15.9. The van der Waals surface area contributed by atoms with Crippen molar-refractivity contribution in [2.24, 2.45) is 22.2 Å². The molecule has 1 aliphatic heterocycles. The van der Waals surface area contributed by atoms with Crippen LogP contribution in [0.25, 0.3) is 0 Å². The number of rotatable bonds is 12. The number of halogens is 2. The lowest BCUT2D eigenvalue weighted by atomic mass is 9.44. The number of benzene rings is 2. The van der Waals surface area contributed by atoms with Gasteiger partial charge in [-0.1, -0.05) is 83.1 Å². The predicted octanol–water partition coefficient (Wildman–Crippen LogP) is 4.48. The standard InChI is InChI=1S/C47H55Cl2NO15/c1-24-28(61-41(57)35(54)34(26-15-11-9-12-16-26)50-42(58)43(3,4)5)20-47(59)39(64-40(56)27-17-13-10-14-18-27)37-45(8,38(55)36(63-32(53)22-49)33(24)44(47,6)7)29(62-31(52)21-48)19-30-46(37,23-60-30)65-25(2)51/h9-18,28-30,34-37,39,54,59H,19-23H2,1-8H3,(H,50,58)/t28-,29-,30+,34?,35?,36+,37-,39-,45+,46-,47+/m0/s1. The summed E-state index contributed by atoms with van der Waals surface area (Å²) >= 11 is 11.9. The third-order valence-electron chi connectivity index (χ3n) is 13.5. The largest absolute Gasteiger partial charge is 0.460 e. The number of nitrogens with one attached hydrogen (secondary N) is 1. The summed E-state index contributed by atoms with van der Waals surface area (Å²) in [5.41, 5.74) is -8.79. The van der Waals surface area contributed by atoms with Crippen LogP contribution in [0.3, 0.4) is 0 Å². The van der Waals surface area contributed by atoms with Gasteiger partial charge in [-0.3, -0.25) is 24.0 Å². The van der Waals surface area contributed by atoms with Crippen LogP contribution in [-0.2, 0) is 57.2 Å². The molecule has 1 heterocycles. The molecule has 2 aromatic rings. The van der Waals surface area contributed by atoms with Gasteiger partial charge in [0.15, 0.2) is 23.6 Å². The maximum Gasteiger partial charge on any atom is 0.338 e. The summed E-state index contributed by atoms with van der Waals surface area (Å²) in [7, 11) is 0. The van der Waals surface area contributed by atoms with E-state index in [1.807, 2.05) is 0 Å². The van der Waals surface area contributed by atoms with E-state index in [1.165, 1.54) is 39.8 Å². The number of aliphatic hydroxyl groups excluding tert-OH is 1. The quantitative estimate of drug-likeness (QED) is 0.115. The molecule has 0 spiro atoms. The molecule has 2 unspecified atom stereocenters. The highest BCUT2D eigenvalue weighted by atomic mass is 35.5. The number of alkyl halides is 2. The highest BCUT2D eigenvalue weighted by molar-refractivity contribution is 6.26. The van der Waals surface area contributed by atoms with Gasteiger partial charge >= 0.3 is 29.8 Å². The number of fused-ring (bicyclic) bond motifs is 5. The van der Waals surface area contributed by atoms with Crippen molar-refractivity contribution in [3.8, 4) is 0 Å². The summed E-state index contributed by atoms with van der Waals surface area (Å²) in [5, 5.41) is 28.4. The zero-order chi connectivity index (χ0) is 48.0. The van der Waals surface area contributed by atoms with Crippen LogP contribution < -0.4 is 5.32 Å². The molecule has 2 saturated carbocycles. The van der Waals surface area contributed by atoms with Gasteiger partial charge < -0.3 is 44.0 Å². The van der Waals surface area contributed by atoms with E-state index in [2.05, 4.69) is 5.32 Å². The minimum Gasteiger partial charge on any atom is -0.460 e. The zero-order valence-corrected chi connectivity index (χ0v) is 38.9. The number of ketones is 1. The average Bonchev–Trinajstić information content (AvgIpc) is 3.25. The van der Waals surface area contributed by atoms with E-state index in [0.29, 0.717) is 5.56 Å². The van der Waals surface area contributed by atoms with E-state index >= 15 is 4.79 Å². The number of Topliss-reactive ketones (excluding diaryl/α,β-unsaturated/α-hetero) is 1. The fourth-order valence-electron chi connectivity index (χ4n) is 10.1. The first kappa shape index (κ1) is 49.6. The van der Waals surface area contributed by atoms with Gasteiger partial charge in [0.1, 0.15) is 41.8 Å². The third kappa shape index (κ3) is 8.80. The lowest BCUT2D eigenvalue weighted by Crippen LogP contribution is -2.82. The summed E-state index contributed by atoms with van der Waals surface area (Å²) in [5.74, 6) is -9.55. The van der Waals surface area contributed by atoms with Crippen LogP contribution in [0.2, 0.25) is 0 Å². The minimum atomic E-state index is -2.48. The molecule has 4 aliphatic rings. The van der Waals surface area contributed by atoms with Crippen LogP contribution in [-0.4, -0.2) is 118 Å². The van der Waals surface area contributed by atoms with Crippen LogP contribution in [0.1, 0.15) is 90.2 Å². The molecule has 0 radical (unpaired) electrons. The molecular weight excluding hydrogens is 889 g/mol. The SMILES string of the molecule is CC(=O)O[C@@]12CO[C@@H]1C[C@H](OC(=O)CCl)[C@@]1(C)C(=O)[C@H](OC(=O)CCl)C3=C(C)[C@@H](OC(=O)C(O)C(NC(=O)C(C)(C)C)c4ccccc4)C[C@@](O)([C@@H](OC(=O)c4ccccc4)[C@H]21)C3(C)C.